The van der Waals surface area contributed by atoms with Crippen molar-refractivity contribution in [1.82, 2.24) is 4.90 Å². The van der Waals surface area contributed by atoms with Crippen LogP contribution in [0.5, 0.6) is 0 Å². The number of rotatable bonds is 5. The quantitative estimate of drug-likeness (QED) is 0.722. The molecule has 1 heterocycles. The lowest BCUT2D eigenvalue weighted by Crippen LogP contribution is -2.45. The molecule has 1 N–H and O–H groups in total. The smallest absolute Gasteiger partial charge is 0.335 e. The molecule has 0 amide bonds. The number of hydrogen-bond donors (Lipinski definition) is 1. The van der Waals surface area contributed by atoms with Gasteiger partial charge in [-0.3, -0.25) is 4.90 Å². The van der Waals surface area contributed by atoms with Crippen LogP contribution < -0.4 is 4.90 Å². The van der Waals surface area contributed by atoms with E-state index in [1.165, 1.54) is 16.7 Å². The second-order valence-electron chi connectivity index (χ2n) is 7.18. The van der Waals surface area contributed by atoms with Crippen molar-refractivity contribution in [2.45, 2.75) is 6.54 Å². The fraction of sp³-hybridized carbons (Fsp3) is 0.208. The third-order valence-corrected chi connectivity index (χ3v) is 5.29. The summed E-state index contributed by atoms with van der Waals surface area (Å²) in [6.07, 6.45) is 0. The lowest BCUT2D eigenvalue weighted by atomic mass is 10.0. The van der Waals surface area contributed by atoms with Gasteiger partial charge in [-0.2, -0.15) is 0 Å². The number of nitrogens with zero attached hydrogens (tertiary/aromatic N) is 2. The van der Waals surface area contributed by atoms with Crippen molar-refractivity contribution in [2.24, 2.45) is 0 Å². The Balaban J connectivity index is 1.36. The first-order chi connectivity index (χ1) is 13.7. The molecule has 0 atom stereocenters. The van der Waals surface area contributed by atoms with Gasteiger partial charge < -0.3 is 10.0 Å². The van der Waals surface area contributed by atoms with Crippen LogP contribution in [0, 0.1) is 0 Å². The maximum Gasteiger partial charge on any atom is 0.335 e. The molecule has 0 radical (unpaired) electrons. The van der Waals surface area contributed by atoms with Gasteiger partial charge in [-0.25, -0.2) is 4.79 Å². The Morgan fingerprint density at radius 2 is 1.46 bits per heavy atom. The first-order valence-corrected chi connectivity index (χ1v) is 9.64. The minimum Gasteiger partial charge on any atom is -0.478 e. The Labute approximate surface area is 165 Å². The van der Waals surface area contributed by atoms with Crippen molar-refractivity contribution >= 4 is 11.7 Å². The van der Waals surface area contributed by atoms with Crippen LogP contribution in [0.25, 0.3) is 11.1 Å². The summed E-state index contributed by atoms with van der Waals surface area (Å²) in [6.45, 7) is 4.84. The van der Waals surface area contributed by atoms with E-state index >= 15 is 0 Å². The molecule has 1 saturated heterocycles. The number of piperazine rings is 1. The van der Waals surface area contributed by atoms with Crippen LogP contribution in [-0.2, 0) is 6.54 Å². The topological polar surface area (TPSA) is 43.8 Å². The maximum atomic E-state index is 11.0. The van der Waals surface area contributed by atoms with Gasteiger partial charge in [0.2, 0.25) is 0 Å². The largest absolute Gasteiger partial charge is 0.478 e. The zero-order valence-electron chi connectivity index (χ0n) is 15.8. The molecule has 0 saturated carbocycles. The SMILES string of the molecule is O=C(O)c1ccc(N2CCN(Cc3cccc(-c4ccccc4)c3)CC2)cc1. The van der Waals surface area contributed by atoms with Crippen LogP contribution >= 0.6 is 0 Å². The van der Waals surface area contributed by atoms with Crippen LogP contribution in [0.2, 0.25) is 0 Å². The van der Waals surface area contributed by atoms with Gasteiger partial charge in [0, 0.05) is 38.4 Å². The van der Waals surface area contributed by atoms with Crippen molar-refractivity contribution in [3.05, 3.63) is 90.0 Å². The predicted molar refractivity (Wildman–Crippen MR) is 113 cm³/mol. The molecule has 0 unspecified atom stereocenters. The normalized spacial score (nSPS) is 14.8. The summed E-state index contributed by atoms with van der Waals surface area (Å²) in [5.41, 5.74) is 5.27. The molecule has 3 aromatic rings. The van der Waals surface area contributed by atoms with Gasteiger partial charge in [0.05, 0.1) is 5.56 Å². The first kappa shape index (κ1) is 18.3. The number of carbonyl (C=O) groups is 1. The van der Waals surface area contributed by atoms with Crippen molar-refractivity contribution in [3.8, 4) is 11.1 Å². The average molecular weight is 372 g/mol. The molecular weight excluding hydrogens is 348 g/mol. The molecule has 0 aliphatic carbocycles. The highest BCUT2D eigenvalue weighted by Gasteiger charge is 2.17. The molecule has 4 rings (SSSR count). The van der Waals surface area contributed by atoms with E-state index in [9.17, 15) is 4.79 Å². The fourth-order valence-electron chi connectivity index (χ4n) is 3.72. The fourth-order valence-corrected chi connectivity index (χ4v) is 3.72. The van der Waals surface area contributed by atoms with Gasteiger partial charge in [-0.1, -0.05) is 48.5 Å². The second kappa shape index (κ2) is 8.28. The predicted octanol–water partition coefficient (Wildman–Crippen LogP) is 4.37. The molecule has 3 aromatic carbocycles. The number of carboxylic acids is 1. The van der Waals surface area contributed by atoms with E-state index in [-0.39, 0.29) is 0 Å². The molecular formula is C24H24N2O2. The Morgan fingerprint density at radius 3 is 2.14 bits per heavy atom. The van der Waals surface area contributed by atoms with Crippen molar-refractivity contribution in [2.75, 3.05) is 31.1 Å². The van der Waals surface area contributed by atoms with Crippen LogP contribution in [0.15, 0.2) is 78.9 Å². The summed E-state index contributed by atoms with van der Waals surface area (Å²) in [5, 5.41) is 9.03. The molecule has 28 heavy (non-hydrogen) atoms. The molecule has 1 aliphatic heterocycles. The zero-order chi connectivity index (χ0) is 19.3. The Morgan fingerprint density at radius 1 is 0.786 bits per heavy atom. The van der Waals surface area contributed by atoms with Gasteiger partial charge >= 0.3 is 5.97 Å². The van der Waals surface area contributed by atoms with E-state index in [2.05, 4.69) is 58.3 Å². The third-order valence-electron chi connectivity index (χ3n) is 5.29. The molecule has 4 heteroatoms. The Bertz CT molecular complexity index is 930. The van der Waals surface area contributed by atoms with Crippen LogP contribution in [-0.4, -0.2) is 42.2 Å². The number of anilines is 1. The standard InChI is InChI=1S/C24H24N2O2/c27-24(28)21-9-11-23(12-10-21)26-15-13-25(14-16-26)18-19-5-4-8-22(17-19)20-6-2-1-3-7-20/h1-12,17H,13-16,18H2,(H,27,28). The number of carboxylic acid groups (broad SMARTS) is 1. The molecule has 1 fully saturated rings. The molecule has 0 spiro atoms. The van der Waals surface area contributed by atoms with E-state index in [4.69, 9.17) is 5.11 Å². The maximum absolute atomic E-state index is 11.0. The minimum absolute atomic E-state index is 0.334. The number of aromatic carboxylic acids is 1. The Hall–Kier alpha value is -3.11. The van der Waals surface area contributed by atoms with Crippen LogP contribution in [0.1, 0.15) is 15.9 Å². The molecule has 142 valence electrons. The zero-order valence-corrected chi connectivity index (χ0v) is 15.8. The lowest BCUT2D eigenvalue weighted by Gasteiger charge is -2.36. The summed E-state index contributed by atoms with van der Waals surface area (Å²) in [6, 6.07) is 26.4. The number of hydrogen-bond acceptors (Lipinski definition) is 3. The van der Waals surface area contributed by atoms with Gasteiger partial charge in [-0.05, 0) is 47.0 Å². The third kappa shape index (κ3) is 4.24. The first-order valence-electron chi connectivity index (χ1n) is 9.64. The molecule has 0 bridgehead atoms. The van der Waals surface area contributed by atoms with E-state index < -0.39 is 5.97 Å². The van der Waals surface area contributed by atoms with Gasteiger partial charge in [-0.15, -0.1) is 0 Å². The van der Waals surface area contributed by atoms with E-state index in [0.717, 1.165) is 38.4 Å². The average Bonchev–Trinajstić information content (AvgIpc) is 2.75. The van der Waals surface area contributed by atoms with Crippen LogP contribution in [0.4, 0.5) is 5.69 Å². The molecule has 4 nitrogen and oxygen atoms in total. The number of benzene rings is 3. The van der Waals surface area contributed by atoms with Gasteiger partial charge in [0.25, 0.3) is 0 Å². The molecule has 1 aliphatic rings. The highest BCUT2D eigenvalue weighted by atomic mass is 16.4. The monoisotopic (exact) mass is 372 g/mol. The highest BCUT2D eigenvalue weighted by Crippen LogP contribution is 2.22. The second-order valence-corrected chi connectivity index (χ2v) is 7.18. The summed E-state index contributed by atoms with van der Waals surface area (Å²) in [5.74, 6) is -0.880. The van der Waals surface area contributed by atoms with Crippen LogP contribution in [0.3, 0.4) is 0 Å². The van der Waals surface area contributed by atoms with E-state index in [1.807, 2.05) is 18.2 Å². The summed E-state index contributed by atoms with van der Waals surface area (Å²) < 4.78 is 0. The van der Waals surface area contributed by atoms with Gasteiger partial charge in [0.15, 0.2) is 0 Å². The van der Waals surface area contributed by atoms with Crippen molar-refractivity contribution in [1.29, 1.82) is 0 Å². The van der Waals surface area contributed by atoms with Crippen molar-refractivity contribution in [3.63, 3.8) is 0 Å². The molecule has 0 aromatic heterocycles. The van der Waals surface area contributed by atoms with E-state index in [0.29, 0.717) is 5.56 Å². The highest BCUT2D eigenvalue weighted by molar-refractivity contribution is 5.88. The Kier molecular flexibility index (Phi) is 5.40. The summed E-state index contributed by atoms with van der Waals surface area (Å²) in [7, 11) is 0. The van der Waals surface area contributed by atoms with Gasteiger partial charge in [0.1, 0.15) is 0 Å². The minimum atomic E-state index is -0.880. The summed E-state index contributed by atoms with van der Waals surface area (Å²) >= 11 is 0. The van der Waals surface area contributed by atoms with E-state index in [1.54, 1.807) is 12.1 Å². The summed E-state index contributed by atoms with van der Waals surface area (Å²) in [4.78, 5) is 15.8. The van der Waals surface area contributed by atoms with Crippen molar-refractivity contribution < 1.29 is 9.90 Å². The lowest BCUT2D eigenvalue weighted by molar-refractivity contribution is 0.0697.